The first kappa shape index (κ1) is 19.9. The maximum Gasteiger partial charge on any atom is 0.263 e. The molecule has 0 spiro atoms. The number of aromatic nitrogens is 3. The normalized spacial score (nSPS) is 14.6. The van der Waals surface area contributed by atoms with Crippen molar-refractivity contribution in [2.45, 2.75) is 58.2 Å². The summed E-state index contributed by atoms with van der Waals surface area (Å²) in [4.78, 5) is 37.2. The molecule has 1 saturated carbocycles. The molecule has 0 aliphatic heterocycles. The molecule has 150 valence electrons. The monoisotopic (exact) mass is 385 g/mol. The first-order chi connectivity index (χ1) is 13.5. The molecule has 0 aromatic carbocycles. The average Bonchev–Trinajstić information content (AvgIpc) is 3.09. The quantitative estimate of drug-likeness (QED) is 0.749. The summed E-state index contributed by atoms with van der Waals surface area (Å²) in [6.07, 6.45) is 8.66. The van der Waals surface area contributed by atoms with Gasteiger partial charge in [-0.1, -0.05) is 19.3 Å². The van der Waals surface area contributed by atoms with Gasteiger partial charge in [0.1, 0.15) is 12.1 Å². The molecule has 1 fully saturated rings. The number of carbonyl (C=O) groups excluding carboxylic acids is 2. The van der Waals surface area contributed by atoms with Crippen LogP contribution >= 0.6 is 0 Å². The smallest absolute Gasteiger partial charge is 0.263 e. The van der Waals surface area contributed by atoms with Crippen LogP contribution in [0.2, 0.25) is 0 Å². The highest BCUT2D eigenvalue weighted by Gasteiger charge is 2.19. The number of carbonyl (C=O) groups is 2. The summed E-state index contributed by atoms with van der Waals surface area (Å²) >= 11 is 0. The topological polar surface area (TPSA) is 98.0 Å². The number of nitrogens with zero attached hydrogens (tertiary/aromatic N) is 3. The fraction of sp³-hybridized carbons (Fsp3) is 0.500. The number of hydrogen-bond donors (Lipinski definition) is 2. The lowest BCUT2D eigenvalue weighted by molar-refractivity contribution is -0.121. The van der Waals surface area contributed by atoms with Gasteiger partial charge in [0.15, 0.2) is 0 Å². The van der Waals surface area contributed by atoms with Crippen LogP contribution in [0.25, 0.3) is 0 Å². The number of aryl methyl sites for hydroxylation is 1. The van der Waals surface area contributed by atoms with Crippen molar-refractivity contribution in [2.75, 3.05) is 6.54 Å². The van der Waals surface area contributed by atoms with E-state index in [1.807, 2.05) is 19.2 Å². The lowest BCUT2D eigenvalue weighted by Gasteiger charge is -2.22. The largest absolute Gasteiger partial charge is 0.353 e. The Balaban J connectivity index is 1.55. The van der Waals surface area contributed by atoms with E-state index in [1.165, 1.54) is 23.3 Å². The Morgan fingerprint density at radius 2 is 1.96 bits per heavy atom. The number of pyridine rings is 1. The lowest BCUT2D eigenvalue weighted by atomic mass is 9.95. The molecule has 28 heavy (non-hydrogen) atoms. The van der Waals surface area contributed by atoms with E-state index in [2.05, 4.69) is 15.7 Å². The van der Waals surface area contributed by atoms with Gasteiger partial charge in [0.2, 0.25) is 5.91 Å². The van der Waals surface area contributed by atoms with Gasteiger partial charge >= 0.3 is 0 Å². The molecule has 0 saturated heterocycles. The van der Waals surface area contributed by atoms with Gasteiger partial charge in [-0.25, -0.2) is 0 Å². The van der Waals surface area contributed by atoms with Gasteiger partial charge in [0, 0.05) is 25.0 Å². The van der Waals surface area contributed by atoms with Crippen molar-refractivity contribution in [1.29, 1.82) is 0 Å². The predicted octanol–water partition coefficient (Wildman–Crippen LogP) is 1.23. The Kier molecular flexibility index (Phi) is 6.62. The molecule has 2 amide bonds. The Morgan fingerprint density at radius 1 is 1.18 bits per heavy atom. The van der Waals surface area contributed by atoms with E-state index in [-0.39, 0.29) is 30.0 Å². The van der Waals surface area contributed by atoms with Crippen molar-refractivity contribution >= 4 is 11.8 Å². The molecule has 0 bridgehead atoms. The SMILES string of the molecule is Cc1ccn(CCNC(=O)Cn2cccc(C(=O)NC3CCCCC3)c2=O)n1. The molecule has 2 heterocycles. The molecule has 8 nitrogen and oxygen atoms in total. The molecule has 2 N–H and O–H groups in total. The van der Waals surface area contributed by atoms with Crippen LogP contribution in [-0.2, 0) is 17.9 Å². The molecule has 2 aromatic rings. The zero-order chi connectivity index (χ0) is 19.9. The number of nitrogens with one attached hydrogen (secondary N) is 2. The summed E-state index contributed by atoms with van der Waals surface area (Å²) in [6.45, 7) is 2.75. The molecule has 2 aromatic heterocycles. The minimum Gasteiger partial charge on any atom is -0.353 e. The third-order valence-electron chi connectivity index (χ3n) is 4.96. The first-order valence-electron chi connectivity index (χ1n) is 9.80. The van der Waals surface area contributed by atoms with E-state index < -0.39 is 5.56 Å². The first-order valence-corrected chi connectivity index (χ1v) is 9.80. The number of amides is 2. The van der Waals surface area contributed by atoms with Gasteiger partial charge in [0.05, 0.1) is 12.2 Å². The van der Waals surface area contributed by atoms with Crippen molar-refractivity contribution in [3.8, 4) is 0 Å². The van der Waals surface area contributed by atoms with Crippen molar-refractivity contribution in [3.63, 3.8) is 0 Å². The van der Waals surface area contributed by atoms with Crippen LogP contribution in [0.3, 0.4) is 0 Å². The van der Waals surface area contributed by atoms with Gasteiger partial charge in [-0.15, -0.1) is 0 Å². The number of rotatable bonds is 7. The Morgan fingerprint density at radius 3 is 2.68 bits per heavy atom. The third kappa shape index (κ3) is 5.31. The van der Waals surface area contributed by atoms with Crippen LogP contribution in [0.15, 0.2) is 35.4 Å². The molecule has 0 unspecified atom stereocenters. The van der Waals surface area contributed by atoms with E-state index in [0.29, 0.717) is 13.1 Å². The molecule has 0 atom stereocenters. The van der Waals surface area contributed by atoms with Crippen LogP contribution in [-0.4, -0.2) is 38.7 Å². The second-order valence-electron chi connectivity index (χ2n) is 7.23. The summed E-state index contributed by atoms with van der Waals surface area (Å²) < 4.78 is 3.02. The van der Waals surface area contributed by atoms with Crippen LogP contribution < -0.4 is 16.2 Å². The van der Waals surface area contributed by atoms with Gasteiger partial charge in [-0.05, 0) is 38.0 Å². The highest BCUT2D eigenvalue weighted by molar-refractivity contribution is 5.94. The summed E-state index contributed by atoms with van der Waals surface area (Å²) in [7, 11) is 0. The lowest BCUT2D eigenvalue weighted by Crippen LogP contribution is -2.41. The maximum atomic E-state index is 12.6. The van der Waals surface area contributed by atoms with E-state index in [0.717, 1.165) is 31.4 Å². The van der Waals surface area contributed by atoms with Crippen molar-refractivity contribution in [3.05, 3.63) is 52.2 Å². The highest BCUT2D eigenvalue weighted by atomic mass is 16.2. The van der Waals surface area contributed by atoms with E-state index in [4.69, 9.17) is 0 Å². The molecule has 3 rings (SSSR count). The summed E-state index contributed by atoms with van der Waals surface area (Å²) in [5, 5.41) is 9.97. The van der Waals surface area contributed by atoms with Gasteiger partial charge < -0.3 is 15.2 Å². The zero-order valence-corrected chi connectivity index (χ0v) is 16.2. The van der Waals surface area contributed by atoms with Crippen LogP contribution in [0.4, 0.5) is 0 Å². The molecule has 1 aliphatic carbocycles. The van der Waals surface area contributed by atoms with Gasteiger partial charge in [-0.3, -0.25) is 19.1 Å². The molecule has 1 aliphatic rings. The average molecular weight is 385 g/mol. The van der Waals surface area contributed by atoms with Crippen LogP contribution in [0.5, 0.6) is 0 Å². The van der Waals surface area contributed by atoms with Crippen molar-refractivity contribution in [2.24, 2.45) is 0 Å². The third-order valence-corrected chi connectivity index (χ3v) is 4.96. The van der Waals surface area contributed by atoms with Crippen molar-refractivity contribution < 1.29 is 9.59 Å². The summed E-state index contributed by atoms with van der Waals surface area (Å²) in [5.41, 5.74) is 0.544. The Hall–Kier alpha value is -2.90. The second kappa shape index (κ2) is 9.34. The fourth-order valence-electron chi connectivity index (χ4n) is 3.45. The van der Waals surface area contributed by atoms with Crippen LogP contribution in [0, 0.1) is 6.92 Å². The minimum absolute atomic E-state index is 0.0767. The van der Waals surface area contributed by atoms with Crippen molar-refractivity contribution in [1.82, 2.24) is 25.0 Å². The molecule has 0 radical (unpaired) electrons. The maximum absolute atomic E-state index is 12.6. The summed E-state index contributed by atoms with van der Waals surface area (Å²) in [6, 6.07) is 5.15. The molecule has 8 heteroatoms. The minimum atomic E-state index is -0.450. The zero-order valence-electron chi connectivity index (χ0n) is 16.2. The predicted molar refractivity (Wildman–Crippen MR) is 105 cm³/mol. The summed E-state index contributed by atoms with van der Waals surface area (Å²) in [5.74, 6) is -0.642. The number of hydrogen-bond acceptors (Lipinski definition) is 4. The fourth-order valence-corrected chi connectivity index (χ4v) is 3.45. The second-order valence-corrected chi connectivity index (χ2v) is 7.23. The molecular formula is C20H27N5O3. The Labute approximate surface area is 163 Å². The van der Waals surface area contributed by atoms with E-state index in [1.54, 1.807) is 10.7 Å². The van der Waals surface area contributed by atoms with E-state index >= 15 is 0 Å². The van der Waals surface area contributed by atoms with Crippen LogP contribution in [0.1, 0.15) is 48.2 Å². The Bertz CT molecular complexity index is 880. The highest BCUT2D eigenvalue weighted by Crippen LogP contribution is 2.17. The molecular weight excluding hydrogens is 358 g/mol. The van der Waals surface area contributed by atoms with E-state index in [9.17, 15) is 14.4 Å². The van der Waals surface area contributed by atoms with Gasteiger partial charge in [-0.2, -0.15) is 5.10 Å². The van der Waals surface area contributed by atoms with Gasteiger partial charge in [0.25, 0.3) is 11.5 Å². The standard InChI is InChI=1S/C20H27N5O3/c1-15-9-12-25(23-15)13-10-21-18(26)14-24-11-5-8-17(20(24)28)19(27)22-16-6-3-2-4-7-16/h5,8-9,11-12,16H,2-4,6-7,10,13-14H2,1H3,(H,21,26)(H,22,27).